The molecule has 0 saturated heterocycles. The van der Waals surface area contributed by atoms with Crippen LogP contribution in [0.2, 0.25) is 0 Å². The van der Waals surface area contributed by atoms with Crippen LogP contribution in [-0.4, -0.2) is 16.6 Å². The quantitative estimate of drug-likeness (QED) is 0.643. The highest BCUT2D eigenvalue weighted by atomic mass is 16.5. The van der Waals surface area contributed by atoms with Gasteiger partial charge in [0.25, 0.3) is 5.88 Å². The lowest BCUT2D eigenvalue weighted by molar-refractivity contribution is 0.349. The summed E-state index contributed by atoms with van der Waals surface area (Å²) in [6.45, 7) is 3.88. The molecule has 58 valence electrons. The van der Waals surface area contributed by atoms with E-state index in [0.29, 0.717) is 18.3 Å². The van der Waals surface area contributed by atoms with Crippen molar-refractivity contribution in [2.75, 3.05) is 12.3 Å². The minimum absolute atomic E-state index is 0.300. The highest BCUT2D eigenvalue weighted by Crippen LogP contribution is 2.11. The number of ether oxygens (including phenoxy) is 1. The summed E-state index contributed by atoms with van der Waals surface area (Å²) in [5.41, 5.74) is 5.43. The molecule has 4 nitrogen and oxygen atoms in total. The Labute approximate surface area is 64.7 Å². The fourth-order valence-corrected chi connectivity index (χ4v) is 0.585. The first-order valence-electron chi connectivity index (χ1n) is 3.14. The second-order valence-electron chi connectivity index (χ2n) is 1.85. The predicted molar refractivity (Wildman–Crippen MR) is 42.1 cm³/mol. The molecule has 0 unspecified atom stereocenters. The largest absolute Gasteiger partial charge is 0.471 e. The van der Waals surface area contributed by atoms with Gasteiger partial charge in [0, 0.05) is 12.4 Å². The summed E-state index contributed by atoms with van der Waals surface area (Å²) < 4.78 is 5.07. The molecule has 0 fully saturated rings. The Balaban J connectivity index is 2.69. The van der Waals surface area contributed by atoms with Crippen LogP contribution in [0.3, 0.4) is 0 Å². The lowest BCUT2D eigenvalue weighted by atomic mass is 10.6. The molecule has 0 spiro atoms. The number of aromatic nitrogens is 2. The first-order valence-corrected chi connectivity index (χ1v) is 3.14. The van der Waals surface area contributed by atoms with E-state index in [2.05, 4.69) is 16.5 Å². The van der Waals surface area contributed by atoms with Crippen LogP contribution in [0.5, 0.6) is 5.88 Å². The molecule has 1 aromatic rings. The van der Waals surface area contributed by atoms with Crippen LogP contribution in [0.15, 0.2) is 25.0 Å². The summed E-state index contributed by atoms with van der Waals surface area (Å²) in [5, 5.41) is 0. The fourth-order valence-electron chi connectivity index (χ4n) is 0.585. The number of nitrogens with zero attached hydrogens (tertiary/aromatic N) is 2. The van der Waals surface area contributed by atoms with Gasteiger partial charge in [-0.25, -0.2) is 9.97 Å². The van der Waals surface area contributed by atoms with Gasteiger partial charge in [-0.05, 0) is 0 Å². The number of rotatable bonds is 3. The molecular weight excluding hydrogens is 142 g/mol. The second kappa shape index (κ2) is 3.55. The maximum absolute atomic E-state index is 5.43. The molecule has 11 heavy (non-hydrogen) atoms. The fraction of sp³-hybridized carbons (Fsp3) is 0.143. The van der Waals surface area contributed by atoms with Gasteiger partial charge in [-0.1, -0.05) is 12.7 Å². The topological polar surface area (TPSA) is 61.0 Å². The van der Waals surface area contributed by atoms with Gasteiger partial charge in [-0.15, -0.1) is 0 Å². The third-order valence-corrected chi connectivity index (χ3v) is 1.03. The minimum Gasteiger partial charge on any atom is -0.471 e. The van der Waals surface area contributed by atoms with Crippen molar-refractivity contribution in [1.82, 2.24) is 9.97 Å². The summed E-state index contributed by atoms with van der Waals surface area (Å²) in [5.74, 6) is 0.654. The first kappa shape index (κ1) is 7.53. The number of hydrogen-bond acceptors (Lipinski definition) is 4. The van der Waals surface area contributed by atoms with Crippen molar-refractivity contribution in [2.24, 2.45) is 0 Å². The van der Waals surface area contributed by atoms with E-state index in [1.54, 1.807) is 6.08 Å². The van der Waals surface area contributed by atoms with Gasteiger partial charge in [0.2, 0.25) is 0 Å². The average Bonchev–Trinajstić information content (AvgIpc) is 2.03. The van der Waals surface area contributed by atoms with Gasteiger partial charge in [0.15, 0.2) is 5.82 Å². The highest BCUT2D eigenvalue weighted by Gasteiger charge is 1.98. The summed E-state index contributed by atoms with van der Waals surface area (Å²) >= 11 is 0. The van der Waals surface area contributed by atoms with Crippen molar-refractivity contribution >= 4 is 5.82 Å². The molecular formula is C7H9N3O. The molecule has 0 atom stereocenters. The Morgan fingerprint density at radius 3 is 2.91 bits per heavy atom. The second-order valence-corrected chi connectivity index (χ2v) is 1.85. The van der Waals surface area contributed by atoms with E-state index in [9.17, 15) is 0 Å². The normalized spacial score (nSPS) is 9.09. The summed E-state index contributed by atoms with van der Waals surface area (Å²) in [7, 11) is 0. The van der Waals surface area contributed by atoms with Gasteiger partial charge >= 0.3 is 0 Å². The van der Waals surface area contributed by atoms with E-state index in [0.717, 1.165) is 0 Å². The molecule has 4 heteroatoms. The minimum atomic E-state index is 0.300. The highest BCUT2D eigenvalue weighted by molar-refractivity contribution is 5.38. The Kier molecular flexibility index (Phi) is 2.43. The molecule has 2 N–H and O–H groups in total. The van der Waals surface area contributed by atoms with Crippen LogP contribution in [-0.2, 0) is 0 Å². The van der Waals surface area contributed by atoms with Gasteiger partial charge < -0.3 is 10.5 Å². The Hall–Kier alpha value is -1.58. The van der Waals surface area contributed by atoms with Crippen LogP contribution >= 0.6 is 0 Å². The molecule has 0 amide bonds. The maximum Gasteiger partial charge on any atom is 0.257 e. The van der Waals surface area contributed by atoms with Crippen molar-refractivity contribution in [1.29, 1.82) is 0 Å². The molecule has 0 aliphatic carbocycles. The van der Waals surface area contributed by atoms with Crippen LogP contribution < -0.4 is 10.5 Å². The number of nitrogens with two attached hydrogens (primary N) is 1. The Morgan fingerprint density at radius 2 is 2.27 bits per heavy atom. The lowest BCUT2D eigenvalue weighted by Gasteiger charge is -2.01. The standard InChI is InChI=1S/C7H9N3O/c1-2-5-11-7-6(8)9-3-4-10-7/h2-4H,1,5H2,(H2,8,9). The zero-order valence-electron chi connectivity index (χ0n) is 6.03. The number of nitrogen functional groups attached to an aromatic ring is 1. The van der Waals surface area contributed by atoms with Crippen molar-refractivity contribution in [3.63, 3.8) is 0 Å². The van der Waals surface area contributed by atoms with Crippen molar-refractivity contribution in [3.05, 3.63) is 25.0 Å². The van der Waals surface area contributed by atoms with Crippen molar-refractivity contribution < 1.29 is 4.74 Å². The molecule has 1 rings (SSSR count). The SMILES string of the molecule is C=CCOc1nccnc1N. The predicted octanol–water partition coefficient (Wildman–Crippen LogP) is 0.624. The summed E-state index contributed by atoms with van der Waals surface area (Å²) in [6, 6.07) is 0. The molecule has 1 aromatic heterocycles. The van der Waals surface area contributed by atoms with E-state index >= 15 is 0 Å². The zero-order valence-corrected chi connectivity index (χ0v) is 6.03. The average molecular weight is 151 g/mol. The number of hydrogen-bond donors (Lipinski definition) is 1. The van der Waals surface area contributed by atoms with Crippen molar-refractivity contribution in [3.8, 4) is 5.88 Å². The van der Waals surface area contributed by atoms with Gasteiger partial charge in [0.1, 0.15) is 6.61 Å². The van der Waals surface area contributed by atoms with Crippen LogP contribution in [0.4, 0.5) is 5.82 Å². The van der Waals surface area contributed by atoms with E-state index in [4.69, 9.17) is 10.5 Å². The molecule has 0 saturated carbocycles. The van der Waals surface area contributed by atoms with Crippen LogP contribution in [0.1, 0.15) is 0 Å². The Morgan fingerprint density at radius 1 is 1.55 bits per heavy atom. The van der Waals surface area contributed by atoms with Gasteiger partial charge in [0.05, 0.1) is 0 Å². The molecule has 0 radical (unpaired) electrons. The number of anilines is 1. The molecule has 0 aliphatic heterocycles. The molecule has 1 heterocycles. The lowest BCUT2D eigenvalue weighted by Crippen LogP contribution is -2.01. The molecule has 0 aromatic carbocycles. The maximum atomic E-state index is 5.43. The van der Waals surface area contributed by atoms with E-state index in [1.807, 2.05) is 0 Å². The third kappa shape index (κ3) is 1.93. The Bertz CT molecular complexity index is 249. The monoisotopic (exact) mass is 151 g/mol. The summed E-state index contributed by atoms with van der Waals surface area (Å²) in [4.78, 5) is 7.65. The van der Waals surface area contributed by atoms with E-state index < -0.39 is 0 Å². The van der Waals surface area contributed by atoms with Gasteiger partial charge in [-0.2, -0.15) is 0 Å². The van der Waals surface area contributed by atoms with Crippen molar-refractivity contribution in [2.45, 2.75) is 0 Å². The van der Waals surface area contributed by atoms with Crippen LogP contribution in [0, 0.1) is 0 Å². The van der Waals surface area contributed by atoms with E-state index in [1.165, 1.54) is 12.4 Å². The van der Waals surface area contributed by atoms with Crippen LogP contribution in [0.25, 0.3) is 0 Å². The zero-order chi connectivity index (χ0) is 8.10. The van der Waals surface area contributed by atoms with Gasteiger partial charge in [-0.3, -0.25) is 0 Å². The third-order valence-electron chi connectivity index (χ3n) is 1.03. The molecule has 0 bridgehead atoms. The molecule has 0 aliphatic rings. The summed E-state index contributed by atoms with van der Waals surface area (Å²) in [6.07, 6.45) is 4.65. The first-order chi connectivity index (χ1) is 5.34. The van der Waals surface area contributed by atoms with E-state index in [-0.39, 0.29) is 0 Å². The smallest absolute Gasteiger partial charge is 0.257 e.